The van der Waals surface area contributed by atoms with Gasteiger partial charge in [-0.05, 0) is 41.3 Å². The fraction of sp³-hybridized carbons (Fsp3) is 0.300. The van der Waals surface area contributed by atoms with Gasteiger partial charge in [-0.2, -0.15) is 0 Å². The number of hydrogen-bond acceptors (Lipinski definition) is 3. The van der Waals surface area contributed by atoms with Gasteiger partial charge in [-0.25, -0.2) is 4.39 Å². The predicted octanol–water partition coefficient (Wildman–Crippen LogP) is 6.96. The van der Waals surface area contributed by atoms with Crippen LogP contribution in [0.25, 0.3) is 10.9 Å². The predicted molar refractivity (Wildman–Crippen MR) is 144 cm³/mol. The Hall–Kier alpha value is -4.00. The number of halogens is 1. The molecule has 0 saturated carbocycles. The van der Waals surface area contributed by atoms with Crippen LogP contribution in [0.5, 0.6) is 0 Å². The number of aromatic nitrogens is 1. The van der Waals surface area contributed by atoms with Crippen molar-refractivity contribution in [3.63, 3.8) is 0 Å². The number of hydrogen-bond donors (Lipinski definition) is 1. The van der Waals surface area contributed by atoms with E-state index in [1.807, 2.05) is 36.5 Å². The van der Waals surface area contributed by atoms with Gasteiger partial charge in [0.2, 0.25) is 5.91 Å². The topological polar surface area (TPSA) is 77.2 Å². The van der Waals surface area contributed by atoms with Gasteiger partial charge in [0.15, 0.2) is 0 Å². The minimum Gasteiger partial charge on any atom is -0.356 e. The van der Waals surface area contributed by atoms with Crippen molar-refractivity contribution in [2.24, 2.45) is 0 Å². The third-order valence-corrected chi connectivity index (χ3v) is 6.69. The molecular formula is C30H32FN3O3. The van der Waals surface area contributed by atoms with Crippen LogP contribution < -0.4 is 5.32 Å². The first-order valence-electron chi connectivity index (χ1n) is 12.8. The maximum absolute atomic E-state index is 13.8. The molecule has 0 spiro atoms. The molecule has 1 N–H and O–H groups in total. The highest BCUT2D eigenvalue weighted by Gasteiger charge is 2.24. The average Bonchev–Trinajstić information content (AvgIpc) is 3.25. The molecule has 0 saturated heterocycles. The van der Waals surface area contributed by atoms with Crippen molar-refractivity contribution < 1.29 is 14.1 Å². The first-order chi connectivity index (χ1) is 18.0. The first-order valence-corrected chi connectivity index (χ1v) is 12.8. The van der Waals surface area contributed by atoms with Gasteiger partial charge in [-0.3, -0.25) is 14.9 Å². The zero-order valence-electron chi connectivity index (χ0n) is 21.0. The summed E-state index contributed by atoms with van der Waals surface area (Å²) in [6.45, 7) is 3.33. The summed E-state index contributed by atoms with van der Waals surface area (Å²) >= 11 is 0. The number of nitro groups is 1. The van der Waals surface area contributed by atoms with Crippen molar-refractivity contribution in [2.45, 2.75) is 51.5 Å². The summed E-state index contributed by atoms with van der Waals surface area (Å²) in [5.41, 5.74) is 3.52. The Labute approximate surface area is 216 Å². The van der Waals surface area contributed by atoms with E-state index in [1.165, 1.54) is 18.2 Å². The maximum Gasteiger partial charge on any atom is 0.270 e. The number of unbranched alkanes of at least 4 members (excludes halogenated alkanes) is 3. The summed E-state index contributed by atoms with van der Waals surface area (Å²) in [7, 11) is 0. The number of amides is 1. The molecule has 0 fully saturated rings. The van der Waals surface area contributed by atoms with Crippen LogP contribution in [-0.4, -0.2) is 21.9 Å². The molecule has 1 heterocycles. The number of nitrogens with one attached hydrogen (secondary N) is 1. The molecule has 192 valence electrons. The van der Waals surface area contributed by atoms with Gasteiger partial charge in [0, 0.05) is 54.7 Å². The minimum absolute atomic E-state index is 0.00978. The molecule has 1 atom stereocenters. The summed E-state index contributed by atoms with van der Waals surface area (Å²) in [5.74, 6) is -0.844. The van der Waals surface area contributed by atoms with E-state index in [4.69, 9.17) is 0 Å². The van der Waals surface area contributed by atoms with E-state index in [9.17, 15) is 19.3 Å². The SMILES string of the molecule is CCCCCCNC(=O)C[C@H](c1ccc(F)cc1)c1cn(Cc2ccccc2)c2ccc([N+](=O)[O-])cc12. The van der Waals surface area contributed by atoms with Crippen LogP contribution >= 0.6 is 0 Å². The largest absolute Gasteiger partial charge is 0.356 e. The Morgan fingerprint density at radius 1 is 1.03 bits per heavy atom. The molecule has 0 radical (unpaired) electrons. The lowest BCUT2D eigenvalue weighted by molar-refractivity contribution is -0.384. The van der Waals surface area contributed by atoms with Crippen molar-refractivity contribution >= 4 is 22.5 Å². The van der Waals surface area contributed by atoms with Crippen molar-refractivity contribution in [3.8, 4) is 0 Å². The molecule has 4 rings (SSSR count). The minimum atomic E-state index is -0.409. The molecule has 7 heteroatoms. The number of nitro benzene ring substituents is 1. The molecule has 0 aliphatic carbocycles. The van der Waals surface area contributed by atoms with Crippen LogP contribution in [0.15, 0.2) is 79.0 Å². The van der Waals surface area contributed by atoms with E-state index in [0.29, 0.717) is 13.1 Å². The molecule has 0 unspecified atom stereocenters. The molecule has 1 amide bonds. The van der Waals surface area contributed by atoms with Crippen LogP contribution in [0.1, 0.15) is 61.6 Å². The van der Waals surface area contributed by atoms with Crippen LogP contribution in [0, 0.1) is 15.9 Å². The highest BCUT2D eigenvalue weighted by molar-refractivity contribution is 5.88. The van der Waals surface area contributed by atoms with E-state index < -0.39 is 10.8 Å². The molecule has 6 nitrogen and oxygen atoms in total. The quantitative estimate of drug-likeness (QED) is 0.130. The molecule has 1 aromatic heterocycles. The van der Waals surface area contributed by atoms with E-state index in [1.54, 1.807) is 24.3 Å². The van der Waals surface area contributed by atoms with Crippen molar-refractivity contribution in [2.75, 3.05) is 6.54 Å². The van der Waals surface area contributed by atoms with Gasteiger partial charge in [-0.15, -0.1) is 0 Å². The monoisotopic (exact) mass is 501 g/mol. The number of benzene rings is 3. The Morgan fingerprint density at radius 2 is 1.78 bits per heavy atom. The molecule has 0 aliphatic heterocycles. The Bertz CT molecular complexity index is 1350. The van der Waals surface area contributed by atoms with Gasteiger partial charge in [0.1, 0.15) is 5.82 Å². The smallest absolute Gasteiger partial charge is 0.270 e. The van der Waals surface area contributed by atoms with Crippen LogP contribution in [0.3, 0.4) is 0 Å². The van der Waals surface area contributed by atoms with Crippen LogP contribution in [0.4, 0.5) is 10.1 Å². The number of carbonyl (C=O) groups is 1. The number of carbonyl (C=O) groups excluding carboxylic acids is 1. The van der Waals surface area contributed by atoms with Crippen molar-refractivity contribution in [1.29, 1.82) is 0 Å². The molecule has 0 aliphatic rings. The lowest BCUT2D eigenvalue weighted by Gasteiger charge is -2.17. The fourth-order valence-corrected chi connectivity index (χ4v) is 4.75. The third-order valence-electron chi connectivity index (χ3n) is 6.69. The maximum atomic E-state index is 13.8. The second-order valence-electron chi connectivity index (χ2n) is 9.38. The van der Waals surface area contributed by atoms with Gasteiger partial charge in [-0.1, -0.05) is 68.7 Å². The van der Waals surface area contributed by atoms with Gasteiger partial charge >= 0.3 is 0 Å². The second kappa shape index (κ2) is 12.3. The average molecular weight is 502 g/mol. The Kier molecular flexibility index (Phi) is 8.67. The van der Waals surface area contributed by atoms with Gasteiger partial charge in [0.25, 0.3) is 5.69 Å². The van der Waals surface area contributed by atoms with E-state index in [0.717, 1.165) is 53.3 Å². The lowest BCUT2D eigenvalue weighted by atomic mass is 9.88. The Morgan fingerprint density at radius 3 is 2.49 bits per heavy atom. The normalized spacial score (nSPS) is 11.9. The summed E-state index contributed by atoms with van der Waals surface area (Å²) in [5, 5.41) is 15.3. The first kappa shape index (κ1) is 26.1. The molecule has 37 heavy (non-hydrogen) atoms. The lowest BCUT2D eigenvalue weighted by Crippen LogP contribution is -2.26. The van der Waals surface area contributed by atoms with Gasteiger partial charge < -0.3 is 9.88 Å². The number of fused-ring (bicyclic) bond motifs is 1. The summed E-state index contributed by atoms with van der Waals surface area (Å²) in [6, 6.07) is 20.9. The van der Waals surface area contributed by atoms with Gasteiger partial charge in [0.05, 0.1) is 4.92 Å². The standard InChI is InChI=1S/C30H32FN3O3/c1-2-3-4-8-17-32-30(35)19-26(23-11-13-24(31)14-12-23)28-21-33(20-22-9-6-5-7-10-22)29-16-15-25(34(36)37)18-27(28)29/h5-7,9-16,18,21,26H,2-4,8,17,19-20H2,1H3,(H,32,35)/t26-/m1/s1. The molecule has 4 aromatic rings. The fourth-order valence-electron chi connectivity index (χ4n) is 4.75. The highest BCUT2D eigenvalue weighted by atomic mass is 19.1. The zero-order valence-corrected chi connectivity index (χ0v) is 21.0. The molecular weight excluding hydrogens is 469 g/mol. The van der Waals surface area contributed by atoms with Crippen LogP contribution in [-0.2, 0) is 11.3 Å². The van der Waals surface area contributed by atoms with Crippen molar-refractivity contribution in [3.05, 3.63) is 112 Å². The van der Waals surface area contributed by atoms with Crippen molar-refractivity contribution in [1.82, 2.24) is 9.88 Å². The summed E-state index contributed by atoms with van der Waals surface area (Å²) in [6.07, 6.45) is 6.38. The number of non-ortho nitro benzene ring substituents is 1. The second-order valence-corrected chi connectivity index (χ2v) is 9.38. The third kappa shape index (κ3) is 6.61. The van der Waals surface area contributed by atoms with E-state index >= 15 is 0 Å². The summed E-state index contributed by atoms with van der Waals surface area (Å²) in [4.78, 5) is 24.2. The van der Waals surface area contributed by atoms with Crippen LogP contribution in [0.2, 0.25) is 0 Å². The molecule has 3 aromatic carbocycles. The Balaban J connectivity index is 1.74. The highest BCUT2D eigenvalue weighted by Crippen LogP contribution is 2.37. The van der Waals surface area contributed by atoms with E-state index in [2.05, 4.69) is 16.8 Å². The number of nitrogens with zero attached hydrogens (tertiary/aromatic N) is 2. The zero-order chi connectivity index (χ0) is 26.2. The summed E-state index contributed by atoms with van der Waals surface area (Å²) < 4.78 is 15.8. The number of rotatable bonds is 12. The molecule has 0 bridgehead atoms. The van der Waals surface area contributed by atoms with E-state index in [-0.39, 0.29) is 23.8 Å².